The highest BCUT2D eigenvalue weighted by Crippen LogP contribution is 2.29. The van der Waals surface area contributed by atoms with E-state index in [4.69, 9.17) is 0 Å². The number of fused-ring (bicyclic) bond motifs is 2. The topological polar surface area (TPSA) is 60.7 Å². The molecule has 3 heterocycles. The van der Waals surface area contributed by atoms with Crippen molar-refractivity contribution in [1.29, 1.82) is 0 Å². The van der Waals surface area contributed by atoms with E-state index in [1.54, 1.807) is 22.8 Å². The van der Waals surface area contributed by atoms with Crippen molar-refractivity contribution in [3.8, 4) is 11.8 Å². The average Bonchev–Trinajstić information content (AvgIpc) is 2.62. The predicted molar refractivity (Wildman–Crippen MR) is 96.1 cm³/mol. The van der Waals surface area contributed by atoms with Crippen LogP contribution in [0.1, 0.15) is 37.5 Å². The van der Waals surface area contributed by atoms with E-state index >= 15 is 0 Å². The summed E-state index contributed by atoms with van der Waals surface area (Å²) in [4.78, 5) is 25.1. The van der Waals surface area contributed by atoms with Crippen LogP contribution < -0.4 is 5.56 Å². The Balaban J connectivity index is 1.75. The van der Waals surface area contributed by atoms with Crippen molar-refractivity contribution in [2.45, 2.75) is 33.2 Å². The molecule has 0 unspecified atom stereocenters. The van der Waals surface area contributed by atoms with Gasteiger partial charge in [-0.3, -0.25) is 9.36 Å². The molecule has 0 saturated heterocycles. The fraction of sp³-hybridized carbons (Fsp3) is 0.300. The van der Waals surface area contributed by atoms with Gasteiger partial charge in [0.2, 0.25) is 5.82 Å². The van der Waals surface area contributed by atoms with Gasteiger partial charge in [-0.05, 0) is 36.0 Å². The van der Waals surface area contributed by atoms with Gasteiger partial charge in [0.1, 0.15) is 5.82 Å². The number of rotatable bonds is 0. The quantitative estimate of drug-likeness (QED) is 0.586. The molecule has 1 aliphatic rings. The first-order chi connectivity index (χ1) is 12.4. The summed E-state index contributed by atoms with van der Waals surface area (Å²) in [6, 6.07) is 5.34. The Kier molecular flexibility index (Phi) is 3.80. The van der Waals surface area contributed by atoms with Gasteiger partial charge in [0.05, 0.1) is 23.3 Å². The zero-order valence-electron chi connectivity index (χ0n) is 14.6. The first kappa shape index (κ1) is 16.4. The van der Waals surface area contributed by atoms with Crippen molar-refractivity contribution in [2.24, 2.45) is 5.41 Å². The lowest BCUT2D eigenvalue weighted by Crippen LogP contribution is -2.36. The Morgan fingerprint density at radius 1 is 1.19 bits per heavy atom. The van der Waals surface area contributed by atoms with Crippen LogP contribution in [-0.2, 0) is 13.0 Å². The Morgan fingerprint density at radius 3 is 2.73 bits per heavy atom. The summed E-state index contributed by atoms with van der Waals surface area (Å²) in [5, 5.41) is 0.593. The number of aryl methyl sites for hydroxylation is 1. The summed E-state index contributed by atoms with van der Waals surface area (Å²) in [7, 11) is 0. The second kappa shape index (κ2) is 6.03. The molecule has 0 radical (unpaired) electrons. The number of benzene rings is 1. The van der Waals surface area contributed by atoms with E-state index in [0.29, 0.717) is 23.0 Å². The molecule has 0 aliphatic carbocycles. The molecular weight excluding hydrogens is 331 g/mol. The van der Waals surface area contributed by atoms with Crippen molar-refractivity contribution < 1.29 is 4.39 Å². The number of aromatic nitrogens is 4. The second-order valence-electron chi connectivity index (χ2n) is 7.29. The first-order valence-electron chi connectivity index (χ1n) is 8.44. The molecule has 1 aliphatic heterocycles. The Bertz CT molecular complexity index is 1120. The van der Waals surface area contributed by atoms with Crippen LogP contribution in [0.25, 0.3) is 10.9 Å². The summed E-state index contributed by atoms with van der Waals surface area (Å²) in [6.07, 6.45) is 3.95. The third kappa shape index (κ3) is 3.08. The highest BCUT2D eigenvalue weighted by molar-refractivity contribution is 5.79. The van der Waals surface area contributed by atoms with Crippen LogP contribution >= 0.6 is 0 Å². The molecule has 0 spiro atoms. The molecule has 3 aromatic rings. The maximum Gasteiger partial charge on any atom is 0.261 e. The zero-order valence-corrected chi connectivity index (χ0v) is 14.6. The lowest BCUT2D eigenvalue weighted by molar-refractivity contribution is 0.240. The van der Waals surface area contributed by atoms with Crippen LogP contribution in [0.2, 0.25) is 0 Å². The summed E-state index contributed by atoms with van der Waals surface area (Å²) in [5.74, 6) is 6.30. The number of nitrogens with zero attached hydrogens (tertiary/aromatic N) is 4. The Morgan fingerprint density at radius 2 is 1.96 bits per heavy atom. The van der Waals surface area contributed by atoms with E-state index in [-0.39, 0.29) is 16.8 Å². The minimum Gasteiger partial charge on any atom is -0.296 e. The molecule has 4 rings (SSSR count). The zero-order chi connectivity index (χ0) is 18.3. The van der Waals surface area contributed by atoms with Gasteiger partial charge in [-0.15, -0.1) is 0 Å². The minimum atomic E-state index is -0.501. The number of hydrogen-bond acceptors (Lipinski definition) is 4. The number of halogens is 1. The van der Waals surface area contributed by atoms with Gasteiger partial charge in [-0.25, -0.2) is 19.3 Å². The fourth-order valence-electron chi connectivity index (χ4n) is 3.16. The van der Waals surface area contributed by atoms with Crippen LogP contribution in [0.15, 0.2) is 35.4 Å². The van der Waals surface area contributed by atoms with Crippen LogP contribution in [-0.4, -0.2) is 19.5 Å². The molecule has 0 N–H and O–H groups in total. The van der Waals surface area contributed by atoms with Gasteiger partial charge in [-0.2, -0.15) is 0 Å². The van der Waals surface area contributed by atoms with Crippen LogP contribution in [0.5, 0.6) is 0 Å². The van der Waals surface area contributed by atoms with Crippen LogP contribution in [0, 0.1) is 23.1 Å². The molecule has 130 valence electrons. The van der Waals surface area contributed by atoms with Crippen molar-refractivity contribution in [1.82, 2.24) is 19.5 Å². The van der Waals surface area contributed by atoms with E-state index in [9.17, 15) is 9.18 Å². The van der Waals surface area contributed by atoms with Gasteiger partial charge in [0.15, 0.2) is 5.82 Å². The van der Waals surface area contributed by atoms with E-state index in [2.05, 4.69) is 40.6 Å². The molecule has 2 aromatic heterocycles. The third-order valence-corrected chi connectivity index (χ3v) is 4.58. The third-order valence-electron chi connectivity index (χ3n) is 4.58. The maximum absolute atomic E-state index is 12.8. The molecule has 6 heteroatoms. The second-order valence-corrected chi connectivity index (χ2v) is 7.29. The monoisotopic (exact) mass is 348 g/mol. The summed E-state index contributed by atoms with van der Waals surface area (Å²) in [6.45, 7) is 5.03. The van der Waals surface area contributed by atoms with Crippen molar-refractivity contribution >= 4 is 10.9 Å². The Labute approximate surface area is 149 Å². The fourth-order valence-corrected chi connectivity index (χ4v) is 3.16. The Hall–Kier alpha value is -3.07. The summed E-state index contributed by atoms with van der Waals surface area (Å²) in [5.41, 5.74) is 1.46. The van der Waals surface area contributed by atoms with E-state index in [0.717, 1.165) is 31.1 Å². The van der Waals surface area contributed by atoms with Crippen LogP contribution in [0.4, 0.5) is 4.39 Å². The van der Waals surface area contributed by atoms with E-state index in [1.165, 1.54) is 0 Å². The first-order valence-corrected chi connectivity index (χ1v) is 8.44. The van der Waals surface area contributed by atoms with Crippen molar-refractivity contribution in [2.75, 3.05) is 0 Å². The normalized spacial score (nSPS) is 15.2. The predicted octanol–water partition coefficient (Wildman–Crippen LogP) is 2.70. The van der Waals surface area contributed by atoms with Gasteiger partial charge < -0.3 is 0 Å². The van der Waals surface area contributed by atoms with Crippen LogP contribution in [0.3, 0.4) is 0 Å². The van der Waals surface area contributed by atoms with Gasteiger partial charge in [-0.1, -0.05) is 19.8 Å². The summed E-state index contributed by atoms with van der Waals surface area (Å²) >= 11 is 0. The molecule has 1 aromatic carbocycles. The van der Waals surface area contributed by atoms with Crippen molar-refractivity contribution in [3.63, 3.8) is 0 Å². The number of hydrogen-bond donors (Lipinski definition) is 0. The van der Waals surface area contributed by atoms with E-state index in [1.807, 2.05) is 0 Å². The molecule has 26 heavy (non-hydrogen) atoms. The molecule has 0 amide bonds. The SMILES string of the molecule is CC1(C)CCc2nc3cc(C#Cc4ncc(F)cn4)ccc3c(=O)n2C1. The lowest BCUT2D eigenvalue weighted by Gasteiger charge is -2.31. The lowest BCUT2D eigenvalue weighted by atomic mass is 9.85. The van der Waals surface area contributed by atoms with Gasteiger partial charge in [0.25, 0.3) is 5.56 Å². The standard InChI is InChI=1S/C20H17FN4O/c1-20(2)8-7-18-24-16-9-13(3-5-15(16)19(26)25(18)12-20)4-6-17-22-10-14(21)11-23-17/h3,5,9-11H,7-8,12H2,1-2H3. The van der Waals surface area contributed by atoms with E-state index < -0.39 is 5.82 Å². The highest BCUT2D eigenvalue weighted by atomic mass is 19.1. The van der Waals surface area contributed by atoms with Gasteiger partial charge >= 0.3 is 0 Å². The minimum absolute atomic E-state index is 0.000785. The summed E-state index contributed by atoms with van der Waals surface area (Å²) < 4.78 is 14.6. The van der Waals surface area contributed by atoms with Crippen molar-refractivity contribution in [3.05, 3.63) is 64.0 Å². The highest BCUT2D eigenvalue weighted by Gasteiger charge is 2.27. The molecule has 5 nitrogen and oxygen atoms in total. The molecule has 0 fully saturated rings. The largest absolute Gasteiger partial charge is 0.296 e. The average molecular weight is 348 g/mol. The molecule has 0 atom stereocenters. The molecule has 0 bridgehead atoms. The smallest absolute Gasteiger partial charge is 0.261 e. The molecular formula is C20H17FN4O. The van der Waals surface area contributed by atoms with Gasteiger partial charge in [0, 0.05) is 18.5 Å². The maximum atomic E-state index is 12.8. The molecule has 0 saturated carbocycles.